The summed E-state index contributed by atoms with van der Waals surface area (Å²) >= 11 is 0. The molecule has 102 valence electrons. The number of carboxylic acids is 1. The third-order valence-electron chi connectivity index (χ3n) is 3.45. The van der Waals surface area contributed by atoms with Crippen LogP contribution in [0.4, 0.5) is 0 Å². The minimum Gasteiger partial charge on any atom is -0.480 e. The lowest BCUT2D eigenvalue weighted by Crippen LogP contribution is -2.50. The Morgan fingerprint density at radius 1 is 1.28 bits per heavy atom. The van der Waals surface area contributed by atoms with Gasteiger partial charge < -0.3 is 20.4 Å². The van der Waals surface area contributed by atoms with Gasteiger partial charge in [0, 0.05) is 39.1 Å². The van der Waals surface area contributed by atoms with Crippen LogP contribution < -0.4 is 5.32 Å². The van der Waals surface area contributed by atoms with E-state index in [2.05, 4.69) is 5.32 Å². The zero-order valence-electron chi connectivity index (χ0n) is 10.2. The van der Waals surface area contributed by atoms with Crippen molar-refractivity contribution in [1.82, 2.24) is 15.1 Å². The van der Waals surface area contributed by atoms with E-state index in [9.17, 15) is 14.7 Å². The topological polar surface area (TPSA) is 93.1 Å². The number of β-amino-alcohol motifs (C(OH)–C–C–N with tert-alkyl or cyclic N) is 1. The van der Waals surface area contributed by atoms with Gasteiger partial charge in [0.2, 0.25) is 5.91 Å². The number of rotatable bonds is 3. The predicted octanol–water partition coefficient (Wildman–Crippen LogP) is -2.06. The average Bonchev–Trinajstić information content (AvgIpc) is 2.73. The number of hydrogen-bond donors (Lipinski definition) is 3. The van der Waals surface area contributed by atoms with Crippen LogP contribution in [0.15, 0.2) is 0 Å². The first-order chi connectivity index (χ1) is 8.58. The van der Waals surface area contributed by atoms with E-state index in [0.717, 1.165) is 26.2 Å². The van der Waals surface area contributed by atoms with Crippen molar-refractivity contribution in [3.63, 3.8) is 0 Å². The maximum Gasteiger partial charge on any atom is 0.326 e. The number of aliphatic carboxylic acids is 1. The zero-order chi connectivity index (χ0) is 13.1. The number of nitrogens with zero attached hydrogens (tertiary/aromatic N) is 2. The van der Waals surface area contributed by atoms with E-state index in [1.54, 1.807) is 0 Å². The second kappa shape index (κ2) is 5.64. The molecule has 2 saturated heterocycles. The number of aliphatic hydroxyl groups excluding tert-OH is 1. The van der Waals surface area contributed by atoms with E-state index in [4.69, 9.17) is 5.11 Å². The number of aliphatic hydroxyl groups is 1. The van der Waals surface area contributed by atoms with Crippen molar-refractivity contribution in [2.75, 3.05) is 39.3 Å². The predicted molar refractivity (Wildman–Crippen MR) is 63.1 cm³/mol. The highest BCUT2D eigenvalue weighted by Crippen LogP contribution is 2.18. The molecule has 1 amide bonds. The van der Waals surface area contributed by atoms with Crippen LogP contribution in [-0.4, -0.2) is 83.3 Å². The lowest BCUT2D eigenvalue weighted by molar-refractivity contribution is -0.148. The minimum absolute atomic E-state index is 0.127. The smallest absolute Gasteiger partial charge is 0.326 e. The lowest BCUT2D eigenvalue weighted by atomic mass is 10.2. The molecule has 2 rings (SSSR count). The van der Waals surface area contributed by atoms with Crippen LogP contribution in [-0.2, 0) is 9.59 Å². The highest BCUT2D eigenvalue weighted by atomic mass is 16.4. The Balaban J connectivity index is 1.92. The molecule has 0 spiro atoms. The monoisotopic (exact) mass is 257 g/mol. The number of carbonyl (C=O) groups excluding carboxylic acids is 1. The van der Waals surface area contributed by atoms with Gasteiger partial charge in [0.1, 0.15) is 6.04 Å². The summed E-state index contributed by atoms with van der Waals surface area (Å²) in [7, 11) is 0. The van der Waals surface area contributed by atoms with Gasteiger partial charge in [-0.1, -0.05) is 0 Å². The molecule has 18 heavy (non-hydrogen) atoms. The van der Waals surface area contributed by atoms with Crippen LogP contribution in [0.3, 0.4) is 0 Å². The Morgan fingerprint density at radius 2 is 1.94 bits per heavy atom. The summed E-state index contributed by atoms with van der Waals surface area (Å²) in [4.78, 5) is 26.4. The summed E-state index contributed by atoms with van der Waals surface area (Å²) in [6.07, 6.45) is -0.596. The van der Waals surface area contributed by atoms with Crippen molar-refractivity contribution in [2.45, 2.75) is 18.6 Å². The van der Waals surface area contributed by atoms with Crippen molar-refractivity contribution >= 4 is 11.9 Å². The summed E-state index contributed by atoms with van der Waals surface area (Å²) < 4.78 is 0. The summed E-state index contributed by atoms with van der Waals surface area (Å²) in [6.45, 7) is 3.64. The second-order valence-corrected chi connectivity index (χ2v) is 4.82. The molecule has 3 N–H and O–H groups in total. The number of piperazine rings is 1. The van der Waals surface area contributed by atoms with Gasteiger partial charge in [0.05, 0.1) is 12.6 Å². The van der Waals surface area contributed by atoms with Crippen molar-refractivity contribution in [1.29, 1.82) is 0 Å². The Hall–Kier alpha value is -1.18. The molecule has 0 aromatic heterocycles. The summed E-state index contributed by atoms with van der Waals surface area (Å²) in [5.41, 5.74) is 0. The first-order valence-electron chi connectivity index (χ1n) is 6.21. The van der Waals surface area contributed by atoms with Crippen molar-refractivity contribution in [3.8, 4) is 0 Å². The van der Waals surface area contributed by atoms with Crippen molar-refractivity contribution in [3.05, 3.63) is 0 Å². The van der Waals surface area contributed by atoms with Gasteiger partial charge in [-0.2, -0.15) is 0 Å². The van der Waals surface area contributed by atoms with E-state index in [1.807, 2.05) is 4.90 Å². The van der Waals surface area contributed by atoms with Crippen LogP contribution in [0.2, 0.25) is 0 Å². The molecular formula is C11H19N3O4. The van der Waals surface area contributed by atoms with E-state index in [-0.39, 0.29) is 25.4 Å². The quantitative estimate of drug-likeness (QED) is 0.538. The summed E-state index contributed by atoms with van der Waals surface area (Å²) in [5, 5.41) is 21.7. The van der Waals surface area contributed by atoms with Gasteiger partial charge >= 0.3 is 5.97 Å². The highest BCUT2D eigenvalue weighted by Gasteiger charge is 2.39. The van der Waals surface area contributed by atoms with Crippen LogP contribution >= 0.6 is 0 Å². The fourth-order valence-electron chi connectivity index (χ4n) is 2.47. The molecule has 0 aromatic rings. The molecule has 0 saturated carbocycles. The second-order valence-electron chi connectivity index (χ2n) is 4.82. The Labute approximate surface area is 105 Å². The third kappa shape index (κ3) is 2.98. The molecule has 2 aliphatic rings. The van der Waals surface area contributed by atoms with Crippen LogP contribution in [0.25, 0.3) is 0 Å². The van der Waals surface area contributed by atoms with Gasteiger partial charge in [0.15, 0.2) is 0 Å². The normalized spacial score (nSPS) is 29.5. The molecule has 0 radical (unpaired) electrons. The summed E-state index contributed by atoms with van der Waals surface area (Å²) in [5.74, 6) is -1.25. The van der Waals surface area contributed by atoms with Gasteiger partial charge in [-0.25, -0.2) is 4.79 Å². The van der Waals surface area contributed by atoms with E-state index < -0.39 is 18.1 Å². The number of carboxylic acid groups (broad SMARTS) is 1. The van der Waals surface area contributed by atoms with E-state index in [1.165, 1.54) is 4.90 Å². The van der Waals surface area contributed by atoms with Gasteiger partial charge in [0.25, 0.3) is 0 Å². The maximum atomic E-state index is 12.1. The van der Waals surface area contributed by atoms with Gasteiger partial charge in [-0.3, -0.25) is 9.69 Å². The van der Waals surface area contributed by atoms with E-state index >= 15 is 0 Å². The molecular weight excluding hydrogens is 238 g/mol. The fraction of sp³-hybridized carbons (Fsp3) is 0.818. The Morgan fingerprint density at radius 3 is 2.56 bits per heavy atom. The molecule has 2 heterocycles. The Kier molecular flexibility index (Phi) is 4.15. The molecule has 2 atom stereocenters. The van der Waals surface area contributed by atoms with Crippen molar-refractivity contribution in [2.24, 2.45) is 0 Å². The fourth-order valence-corrected chi connectivity index (χ4v) is 2.47. The number of likely N-dealkylation sites (tertiary alicyclic amines) is 1. The summed E-state index contributed by atoms with van der Waals surface area (Å²) in [6, 6.07) is -0.879. The largest absolute Gasteiger partial charge is 0.480 e. The van der Waals surface area contributed by atoms with Crippen LogP contribution in [0.1, 0.15) is 6.42 Å². The van der Waals surface area contributed by atoms with E-state index in [0.29, 0.717) is 0 Å². The molecule has 7 nitrogen and oxygen atoms in total. The molecule has 2 aliphatic heterocycles. The zero-order valence-corrected chi connectivity index (χ0v) is 10.2. The number of amides is 1. The van der Waals surface area contributed by atoms with Crippen LogP contribution in [0, 0.1) is 0 Å². The van der Waals surface area contributed by atoms with Gasteiger partial charge in [-0.05, 0) is 0 Å². The number of hydrogen-bond acceptors (Lipinski definition) is 5. The molecule has 7 heteroatoms. The average molecular weight is 257 g/mol. The SMILES string of the molecule is O=C(O)[C@@H]1C[C@H](O)CN1C(=O)CN1CCNCC1. The lowest BCUT2D eigenvalue weighted by Gasteiger charge is -2.29. The third-order valence-corrected chi connectivity index (χ3v) is 3.45. The molecule has 0 aliphatic carbocycles. The standard InChI is InChI=1S/C11H19N3O4/c15-8-5-9(11(17)18)14(6-8)10(16)7-13-3-1-12-2-4-13/h8-9,12,15H,1-7H2,(H,17,18)/t8-,9-/m0/s1. The number of nitrogens with one attached hydrogen (secondary N) is 1. The highest BCUT2D eigenvalue weighted by molar-refractivity contribution is 5.85. The van der Waals surface area contributed by atoms with Gasteiger partial charge in [-0.15, -0.1) is 0 Å². The first-order valence-corrected chi connectivity index (χ1v) is 6.21. The van der Waals surface area contributed by atoms with Crippen molar-refractivity contribution < 1.29 is 19.8 Å². The molecule has 2 fully saturated rings. The maximum absolute atomic E-state index is 12.1. The molecule has 0 aromatic carbocycles. The van der Waals surface area contributed by atoms with Crippen LogP contribution in [0.5, 0.6) is 0 Å². The first kappa shape index (κ1) is 13.3. The Bertz CT molecular complexity index is 330. The molecule has 0 bridgehead atoms. The minimum atomic E-state index is -1.04. The molecule has 0 unspecified atom stereocenters. The number of carbonyl (C=O) groups is 2.